The van der Waals surface area contributed by atoms with Crippen molar-refractivity contribution in [2.75, 3.05) is 0 Å². The lowest BCUT2D eigenvalue weighted by atomic mass is 10.0. The Morgan fingerprint density at radius 1 is 0.400 bits per heavy atom. The van der Waals surface area contributed by atoms with Crippen LogP contribution in [0.1, 0.15) is 23.4 Å². The highest BCUT2D eigenvalue weighted by molar-refractivity contribution is 6.12. The van der Waals surface area contributed by atoms with Gasteiger partial charge in [0.25, 0.3) is 0 Å². The first kappa shape index (κ1) is 15.7. The normalized spacial score (nSPS) is 15.7. The van der Waals surface area contributed by atoms with Crippen molar-refractivity contribution >= 4 is 43.6 Å². The van der Waals surface area contributed by atoms with Gasteiger partial charge in [0.2, 0.25) is 0 Å². The van der Waals surface area contributed by atoms with E-state index in [-0.39, 0.29) is 78.4 Å². The topological polar surface area (TPSA) is 9.86 Å². The van der Waals surface area contributed by atoms with Gasteiger partial charge in [-0.1, -0.05) is 103 Å². The summed E-state index contributed by atoms with van der Waals surface area (Å²) in [5.74, 6) is 0. The van der Waals surface area contributed by atoms with Crippen LogP contribution < -0.4 is 0 Å². The standard InChI is InChI=1S/C43H30N2/c1-29-16-23-37-39-28-33(20-25-42(39)45(43(37)26-29)35-21-17-31(18-22-35)30-10-4-2-5-11-30)32-19-24-41-38(27-32)36-14-8-9-15-40(36)44(41)34-12-6-3-7-13-34/h2-28H,1H3/i8D,9D,14D,15D,16D,19D,20D,23D,24D,25D,26D,27D,28D. The number of aromatic nitrogens is 2. The Bertz CT molecular complexity index is 3240. The highest BCUT2D eigenvalue weighted by atomic mass is 15.0. The third-order valence-corrected chi connectivity index (χ3v) is 8.06. The van der Waals surface area contributed by atoms with Gasteiger partial charge in [-0.2, -0.15) is 0 Å². The average molecular weight is 588 g/mol. The number of para-hydroxylation sites is 2. The van der Waals surface area contributed by atoms with E-state index in [1.807, 2.05) is 42.5 Å². The molecule has 0 aliphatic rings. The van der Waals surface area contributed by atoms with Gasteiger partial charge < -0.3 is 9.13 Å². The van der Waals surface area contributed by atoms with E-state index >= 15 is 0 Å². The molecule has 0 bridgehead atoms. The molecule has 2 heterocycles. The van der Waals surface area contributed by atoms with Gasteiger partial charge in [-0.05, 0) is 95.3 Å². The van der Waals surface area contributed by atoms with Crippen molar-refractivity contribution in [2.24, 2.45) is 0 Å². The van der Waals surface area contributed by atoms with Crippen LogP contribution in [0.4, 0.5) is 0 Å². The van der Waals surface area contributed by atoms with E-state index < -0.39 is 60.4 Å². The maximum Gasteiger partial charge on any atom is 0.0648 e. The second-order valence-corrected chi connectivity index (χ2v) is 10.8. The van der Waals surface area contributed by atoms with Crippen LogP contribution in [0.2, 0.25) is 0 Å². The fourth-order valence-electron chi connectivity index (χ4n) is 5.99. The minimum absolute atomic E-state index is 0.0129. The predicted octanol–water partition coefficient (Wildman–Crippen LogP) is 11.5. The number of nitrogens with zero attached hydrogens (tertiary/aromatic N) is 2. The van der Waals surface area contributed by atoms with E-state index in [1.54, 1.807) is 54.0 Å². The molecule has 0 saturated carbocycles. The lowest BCUT2D eigenvalue weighted by Gasteiger charge is -2.10. The van der Waals surface area contributed by atoms with E-state index in [0.29, 0.717) is 11.4 Å². The molecule has 0 unspecified atom stereocenters. The van der Waals surface area contributed by atoms with Gasteiger partial charge in [0.1, 0.15) is 0 Å². The van der Waals surface area contributed by atoms with Crippen LogP contribution in [0.15, 0.2) is 163 Å². The maximum absolute atomic E-state index is 9.75. The van der Waals surface area contributed by atoms with Crippen molar-refractivity contribution < 1.29 is 17.8 Å². The molecule has 9 rings (SSSR count). The van der Waals surface area contributed by atoms with Crippen molar-refractivity contribution in [2.45, 2.75) is 6.92 Å². The van der Waals surface area contributed by atoms with Gasteiger partial charge in [-0.25, -0.2) is 0 Å². The maximum atomic E-state index is 9.75. The van der Waals surface area contributed by atoms with Crippen molar-refractivity contribution in [3.8, 4) is 33.6 Å². The van der Waals surface area contributed by atoms with Gasteiger partial charge in [0, 0.05) is 32.9 Å². The Hall–Kier alpha value is -5.86. The van der Waals surface area contributed by atoms with E-state index in [4.69, 9.17) is 8.22 Å². The third-order valence-electron chi connectivity index (χ3n) is 8.06. The van der Waals surface area contributed by atoms with Crippen LogP contribution >= 0.6 is 0 Å². The second kappa shape index (κ2) is 10.1. The molecule has 2 aromatic heterocycles. The summed E-state index contributed by atoms with van der Waals surface area (Å²) >= 11 is 0. The SMILES string of the molecule is [2H]c1c([2H])c([2H])c2c(c1[2H])c1c([2H])c(-c3c([2H])c([2H])c4c(c3[2H])c3c([2H])c([2H])c(C)c([2H])c3n4-c3ccc(-c4ccccc4)cc3)c([2H])c([2H])c1n2-c1ccccc1. The van der Waals surface area contributed by atoms with E-state index in [0.717, 1.165) is 11.1 Å². The summed E-state index contributed by atoms with van der Waals surface area (Å²) in [5, 5.41) is -0.189. The minimum Gasteiger partial charge on any atom is -0.309 e. The highest BCUT2D eigenvalue weighted by Gasteiger charge is 2.16. The van der Waals surface area contributed by atoms with E-state index in [2.05, 4.69) is 0 Å². The summed E-state index contributed by atoms with van der Waals surface area (Å²) < 4.78 is 122. The van der Waals surface area contributed by atoms with Gasteiger partial charge in [0.05, 0.1) is 39.9 Å². The second-order valence-electron chi connectivity index (χ2n) is 10.8. The van der Waals surface area contributed by atoms with Crippen LogP contribution in [-0.4, -0.2) is 9.13 Å². The lowest BCUT2D eigenvalue weighted by Crippen LogP contribution is -1.94. The van der Waals surface area contributed by atoms with Crippen LogP contribution in [0.5, 0.6) is 0 Å². The van der Waals surface area contributed by atoms with Gasteiger partial charge in [-0.3, -0.25) is 0 Å². The van der Waals surface area contributed by atoms with E-state index in [9.17, 15) is 9.60 Å². The number of hydrogen-bond donors (Lipinski definition) is 0. The van der Waals surface area contributed by atoms with Crippen molar-refractivity contribution in [1.82, 2.24) is 9.13 Å². The Morgan fingerprint density at radius 2 is 0.933 bits per heavy atom. The summed E-state index contributed by atoms with van der Waals surface area (Å²) in [6.07, 6.45) is 0. The fourth-order valence-corrected chi connectivity index (χ4v) is 5.99. The zero-order chi connectivity index (χ0) is 41.2. The summed E-state index contributed by atoms with van der Waals surface area (Å²) in [6, 6.07) is 19.9. The first-order valence-corrected chi connectivity index (χ1v) is 14.5. The Balaban J connectivity index is 1.44. The summed E-state index contributed by atoms with van der Waals surface area (Å²) in [7, 11) is 0. The molecule has 45 heavy (non-hydrogen) atoms. The van der Waals surface area contributed by atoms with Gasteiger partial charge in [0.15, 0.2) is 0 Å². The first-order valence-electron chi connectivity index (χ1n) is 21.0. The molecule has 0 aliphatic heterocycles. The molecule has 0 saturated heterocycles. The first-order chi connectivity index (χ1) is 27.7. The summed E-state index contributed by atoms with van der Waals surface area (Å²) in [6.45, 7) is 1.55. The number of fused-ring (bicyclic) bond motifs is 6. The molecule has 9 aromatic rings. The van der Waals surface area contributed by atoms with Crippen LogP contribution in [0.25, 0.3) is 77.2 Å². The van der Waals surface area contributed by atoms with E-state index in [1.165, 1.54) is 4.57 Å². The Kier molecular flexibility index (Phi) is 3.54. The van der Waals surface area contributed by atoms with Crippen LogP contribution in [0, 0.1) is 6.92 Å². The lowest BCUT2D eigenvalue weighted by molar-refractivity contribution is 1.18. The molecule has 0 fully saturated rings. The number of hydrogen-bond acceptors (Lipinski definition) is 0. The van der Waals surface area contributed by atoms with Crippen molar-refractivity contribution in [3.63, 3.8) is 0 Å². The number of benzene rings is 7. The van der Waals surface area contributed by atoms with Crippen LogP contribution in [0.3, 0.4) is 0 Å². The zero-order valence-electron chi connectivity index (χ0n) is 37.0. The molecule has 0 atom stereocenters. The highest BCUT2D eigenvalue weighted by Crippen LogP contribution is 2.38. The smallest absolute Gasteiger partial charge is 0.0648 e. The molecule has 212 valence electrons. The fraction of sp³-hybridized carbons (Fsp3) is 0.0233. The van der Waals surface area contributed by atoms with Crippen molar-refractivity contribution in [3.05, 3.63) is 169 Å². The molecule has 0 spiro atoms. The average Bonchev–Trinajstić information content (AvgIpc) is 3.79. The molecule has 7 aromatic carbocycles. The Labute approximate surface area is 280 Å². The summed E-state index contributed by atoms with van der Waals surface area (Å²) in [5.41, 5.74) is 2.35. The van der Waals surface area contributed by atoms with Crippen molar-refractivity contribution in [1.29, 1.82) is 0 Å². The molecular formula is C43H30N2. The van der Waals surface area contributed by atoms with Gasteiger partial charge in [-0.15, -0.1) is 0 Å². The minimum atomic E-state index is -0.571. The quantitative estimate of drug-likeness (QED) is 0.194. The van der Waals surface area contributed by atoms with Crippen LogP contribution in [-0.2, 0) is 0 Å². The molecule has 0 N–H and O–H groups in total. The largest absolute Gasteiger partial charge is 0.309 e. The molecular weight excluding hydrogens is 544 g/mol. The monoisotopic (exact) mass is 587 g/mol. The molecule has 2 nitrogen and oxygen atoms in total. The summed E-state index contributed by atoms with van der Waals surface area (Å²) in [4.78, 5) is 0. The van der Waals surface area contributed by atoms with Gasteiger partial charge >= 0.3 is 0 Å². The molecule has 0 aliphatic carbocycles. The molecule has 0 amide bonds. The zero-order valence-corrected chi connectivity index (χ0v) is 24.0. The Morgan fingerprint density at radius 3 is 1.62 bits per heavy atom. The molecule has 0 radical (unpaired) electrons. The third kappa shape index (κ3) is 4.11. The molecule has 2 heteroatoms. The number of rotatable bonds is 4. The predicted molar refractivity (Wildman–Crippen MR) is 191 cm³/mol.